The molecule has 1 unspecified atom stereocenters. The predicted molar refractivity (Wildman–Crippen MR) is 133 cm³/mol. The van der Waals surface area contributed by atoms with Crippen LogP contribution in [0.4, 0.5) is 0 Å². The van der Waals surface area contributed by atoms with Crippen molar-refractivity contribution in [3.63, 3.8) is 0 Å². The second kappa shape index (κ2) is 8.84. The monoisotopic (exact) mass is 493 g/mol. The molecule has 1 aliphatic rings. The quantitative estimate of drug-likeness (QED) is 0.420. The molecule has 5 rings (SSSR count). The minimum atomic E-state index is -0.608. The van der Waals surface area contributed by atoms with Crippen molar-refractivity contribution in [2.45, 2.75) is 32.2 Å². The maximum absolute atomic E-state index is 13.9. The summed E-state index contributed by atoms with van der Waals surface area (Å²) >= 11 is 1.49. The maximum Gasteiger partial charge on any atom is 0.274 e. The molecule has 1 aliphatic heterocycles. The summed E-state index contributed by atoms with van der Waals surface area (Å²) in [6.45, 7) is 4.58. The number of rotatable bonds is 6. The highest BCUT2D eigenvalue weighted by Gasteiger charge is 2.45. The highest BCUT2D eigenvalue weighted by molar-refractivity contribution is 7.15. The first-order valence-corrected chi connectivity index (χ1v) is 12.1. The van der Waals surface area contributed by atoms with Crippen LogP contribution in [0.25, 0.3) is 21.5 Å². The van der Waals surface area contributed by atoms with Crippen molar-refractivity contribution in [3.8, 4) is 27.8 Å². The van der Waals surface area contributed by atoms with E-state index in [1.54, 1.807) is 33.6 Å². The number of nitrogens with one attached hydrogen (secondary N) is 1. The van der Waals surface area contributed by atoms with E-state index >= 15 is 0 Å². The summed E-state index contributed by atoms with van der Waals surface area (Å²) in [6.07, 6.45) is 3.37. The van der Waals surface area contributed by atoms with Crippen LogP contribution in [0.3, 0.4) is 0 Å². The number of imidazole rings is 1. The van der Waals surface area contributed by atoms with Crippen LogP contribution in [0.5, 0.6) is 17.4 Å². The fourth-order valence-corrected chi connectivity index (χ4v) is 5.56. The first kappa shape index (κ1) is 23.1. The minimum Gasteiger partial charge on any atom is -0.493 e. The summed E-state index contributed by atoms with van der Waals surface area (Å²) in [7, 11) is 4.78. The van der Waals surface area contributed by atoms with Crippen LogP contribution >= 0.6 is 11.3 Å². The average molecular weight is 494 g/mol. The lowest BCUT2D eigenvalue weighted by Gasteiger charge is -2.33. The number of aromatic nitrogens is 4. The molecule has 0 aliphatic carbocycles. The van der Waals surface area contributed by atoms with Crippen molar-refractivity contribution in [2.75, 3.05) is 27.9 Å². The number of carbonyl (C=O) groups excluding carboxylic acids is 1. The molecule has 0 bridgehead atoms. The van der Waals surface area contributed by atoms with Crippen LogP contribution in [0.1, 0.15) is 41.1 Å². The Morgan fingerprint density at radius 1 is 1.11 bits per heavy atom. The van der Waals surface area contributed by atoms with E-state index in [4.69, 9.17) is 19.2 Å². The Hall–Kier alpha value is -3.66. The van der Waals surface area contributed by atoms with Crippen molar-refractivity contribution >= 4 is 28.3 Å². The van der Waals surface area contributed by atoms with E-state index in [2.05, 4.69) is 21.9 Å². The third-order valence-corrected chi connectivity index (χ3v) is 7.55. The van der Waals surface area contributed by atoms with Gasteiger partial charge >= 0.3 is 0 Å². The Balaban J connectivity index is 1.53. The minimum absolute atomic E-state index is 0.115. The van der Waals surface area contributed by atoms with Crippen molar-refractivity contribution in [2.24, 2.45) is 0 Å². The number of amides is 1. The molecule has 4 heterocycles. The van der Waals surface area contributed by atoms with Gasteiger partial charge in [-0.25, -0.2) is 15.0 Å². The molecule has 1 N–H and O–H groups in total. The second-order valence-electron chi connectivity index (χ2n) is 8.64. The Labute approximate surface area is 207 Å². The predicted octanol–water partition coefficient (Wildman–Crippen LogP) is 4.57. The fourth-order valence-electron chi connectivity index (χ4n) is 4.66. The molecule has 0 spiro atoms. The van der Waals surface area contributed by atoms with Gasteiger partial charge in [0.15, 0.2) is 11.5 Å². The van der Waals surface area contributed by atoms with E-state index in [1.165, 1.54) is 11.3 Å². The lowest BCUT2D eigenvalue weighted by molar-refractivity contribution is 0.0601. The summed E-state index contributed by atoms with van der Waals surface area (Å²) in [6, 6.07) is 7.40. The van der Waals surface area contributed by atoms with Gasteiger partial charge in [0.25, 0.3) is 5.91 Å². The zero-order valence-corrected chi connectivity index (χ0v) is 21.2. The van der Waals surface area contributed by atoms with Gasteiger partial charge in [-0.3, -0.25) is 4.79 Å². The summed E-state index contributed by atoms with van der Waals surface area (Å²) in [5.41, 5.74) is 2.25. The zero-order chi connectivity index (χ0) is 24.7. The topological polar surface area (TPSA) is 102 Å². The van der Waals surface area contributed by atoms with Gasteiger partial charge < -0.3 is 24.1 Å². The van der Waals surface area contributed by atoms with Crippen molar-refractivity contribution < 1.29 is 19.0 Å². The van der Waals surface area contributed by atoms with Crippen LogP contribution in [0.2, 0.25) is 0 Å². The Bertz CT molecular complexity index is 1360. The van der Waals surface area contributed by atoms with Crippen LogP contribution in [-0.2, 0) is 5.54 Å². The van der Waals surface area contributed by atoms with Crippen molar-refractivity contribution in [1.29, 1.82) is 0 Å². The number of benzene rings is 1. The number of nitrogens with zero attached hydrogens (tertiary/aromatic N) is 4. The van der Waals surface area contributed by atoms with Crippen LogP contribution in [0, 0.1) is 6.92 Å². The Morgan fingerprint density at radius 2 is 1.89 bits per heavy atom. The number of likely N-dealkylation sites (tertiary alicyclic amines) is 1. The smallest absolute Gasteiger partial charge is 0.274 e. The zero-order valence-electron chi connectivity index (χ0n) is 20.3. The summed E-state index contributed by atoms with van der Waals surface area (Å²) in [5, 5.41) is 0.822. The number of aryl methyl sites for hydroxylation is 1. The van der Waals surface area contributed by atoms with E-state index < -0.39 is 5.54 Å². The molecule has 0 saturated carbocycles. The molecule has 35 heavy (non-hydrogen) atoms. The molecular weight excluding hydrogens is 466 g/mol. The number of pyridine rings is 1. The number of H-pyrrole nitrogens is 1. The standard InChI is InChI=1S/C25H27N5O4S/c1-14-27-21(22(35-14)15-7-8-20(34-5)26-13-15)23(31)30-10-6-9-25(30,2)24-28-16-11-18(32-3)19(33-4)12-17(16)29-24/h7-8,11-13H,6,9-10H2,1-5H3,(H,28,29). The lowest BCUT2D eigenvalue weighted by Crippen LogP contribution is -2.44. The van der Waals surface area contributed by atoms with Gasteiger partial charge in [0.05, 0.1) is 47.8 Å². The second-order valence-corrected chi connectivity index (χ2v) is 9.85. The Morgan fingerprint density at radius 3 is 2.57 bits per heavy atom. The number of thiazole rings is 1. The first-order chi connectivity index (χ1) is 16.9. The molecule has 3 aromatic heterocycles. The Kier molecular flexibility index (Phi) is 5.84. The van der Waals surface area contributed by atoms with Crippen LogP contribution in [-0.4, -0.2) is 58.6 Å². The summed E-state index contributed by atoms with van der Waals surface area (Å²) in [5.74, 6) is 2.37. The van der Waals surface area contributed by atoms with Gasteiger partial charge in [-0.15, -0.1) is 11.3 Å². The third kappa shape index (κ3) is 3.87. The summed E-state index contributed by atoms with van der Waals surface area (Å²) in [4.78, 5) is 33.8. The van der Waals surface area contributed by atoms with Crippen molar-refractivity contribution in [3.05, 3.63) is 47.0 Å². The van der Waals surface area contributed by atoms with Gasteiger partial charge in [0, 0.05) is 36.5 Å². The number of methoxy groups -OCH3 is 3. The number of ether oxygens (including phenoxy) is 3. The number of carbonyl (C=O) groups is 1. The number of aromatic amines is 1. The van der Waals surface area contributed by atoms with E-state index in [-0.39, 0.29) is 5.91 Å². The number of hydrogen-bond donors (Lipinski definition) is 1. The van der Waals surface area contributed by atoms with E-state index in [0.717, 1.165) is 45.1 Å². The summed E-state index contributed by atoms with van der Waals surface area (Å²) < 4.78 is 16.0. The van der Waals surface area contributed by atoms with Gasteiger partial charge in [-0.1, -0.05) is 0 Å². The molecule has 0 radical (unpaired) electrons. The van der Waals surface area contributed by atoms with Crippen LogP contribution < -0.4 is 14.2 Å². The molecule has 4 aromatic rings. The number of hydrogen-bond acceptors (Lipinski definition) is 8. The maximum atomic E-state index is 13.9. The average Bonchev–Trinajstić information content (AvgIpc) is 3.59. The lowest BCUT2D eigenvalue weighted by atomic mass is 9.97. The van der Waals surface area contributed by atoms with Gasteiger partial charge in [0.2, 0.25) is 5.88 Å². The third-order valence-electron chi connectivity index (χ3n) is 6.53. The largest absolute Gasteiger partial charge is 0.493 e. The molecule has 1 atom stereocenters. The highest BCUT2D eigenvalue weighted by Crippen LogP contribution is 2.41. The molecule has 10 heteroatoms. The molecule has 1 amide bonds. The van der Waals surface area contributed by atoms with E-state index in [0.29, 0.717) is 29.6 Å². The van der Waals surface area contributed by atoms with Crippen molar-refractivity contribution in [1.82, 2.24) is 24.8 Å². The van der Waals surface area contributed by atoms with E-state index in [1.807, 2.05) is 30.0 Å². The van der Waals surface area contributed by atoms with Gasteiger partial charge in [-0.05, 0) is 32.8 Å². The molecular formula is C25H27N5O4S. The highest BCUT2D eigenvalue weighted by atomic mass is 32.1. The molecule has 1 saturated heterocycles. The molecule has 182 valence electrons. The van der Waals surface area contributed by atoms with E-state index in [9.17, 15) is 4.79 Å². The van der Waals surface area contributed by atoms with Gasteiger partial charge in [0.1, 0.15) is 11.5 Å². The first-order valence-electron chi connectivity index (χ1n) is 11.3. The normalized spacial score (nSPS) is 17.7. The molecule has 1 aromatic carbocycles. The molecule has 1 fully saturated rings. The molecule has 9 nitrogen and oxygen atoms in total. The fraction of sp³-hybridized carbons (Fsp3) is 0.360. The number of fused-ring (bicyclic) bond motifs is 1. The SMILES string of the molecule is COc1ccc(-c2sc(C)nc2C(=O)N2CCCC2(C)c2nc3cc(OC)c(OC)cc3[nH]2)cn1. The van der Waals surface area contributed by atoms with Gasteiger partial charge in [-0.2, -0.15) is 0 Å². The van der Waals surface area contributed by atoms with Crippen LogP contribution in [0.15, 0.2) is 30.5 Å².